The molecule has 1 saturated carbocycles. The van der Waals surface area contributed by atoms with Gasteiger partial charge in [-0.3, -0.25) is 4.99 Å². The van der Waals surface area contributed by atoms with Crippen molar-refractivity contribution in [1.29, 1.82) is 0 Å². The molecule has 0 aromatic heterocycles. The van der Waals surface area contributed by atoms with Gasteiger partial charge in [-0.05, 0) is 12.8 Å². The third kappa shape index (κ3) is 2.38. The number of hydrogen-bond acceptors (Lipinski definition) is 2. The van der Waals surface area contributed by atoms with E-state index in [1.54, 1.807) is 0 Å². The van der Waals surface area contributed by atoms with Crippen LogP contribution in [0.5, 0.6) is 0 Å². The summed E-state index contributed by atoms with van der Waals surface area (Å²) in [6.07, 6.45) is 3.81. The Kier molecular flexibility index (Phi) is 2.34. The molecule has 0 bridgehead atoms. The van der Waals surface area contributed by atoms with Crippen molar-refractivity contribution in [3.8, 4) is 0 Å². The van der Waals surface area contributed by atoms with Crippen molar-refractivity contribution in [3.63, 3.8) is 0 Å². The van der Waals surface area contributed by atoms with Gasteiger partial charge in [-0.2, -0.15) is 0 Å². The van der Waals surface area contributed by atoms with Crippen LogP contribution in [0.25, 0.3) is 0 Å². The van der Waals surface area contributed by atoms with Crippen molar-refractivity contribution in [1.82, 2.24) is 0 Å². The van der Waals surface area contributed by atoms with Gasteiger partial charge < -0.3 is 16.6 Å². The number of aliphatic imine (C=N–C) groups is 1. The van der Waals surface area contributed by atoms with Crippen LogP contribution >= 0.6 is 0 Å². The first-order chi connectivity index (χ1) is 5.12. The molecule has 0 atom stereocenters. The van der Waals surface area contributed by atoms with Gasteiger partial charge in [0.25, 0.3) is 0 Å². The van der Waals surface area contributed by atoms with Crippen LogP contribution in [-0.2, 0) is 0 Å². The molecule has 0 aliphatic heterocycles. The smallest absolute Gasteiger partial charge is 0.186 e. The minimum Gasteiger partial charge on any atom is -0.388 e. The van der Waals surface area contributed by atoms with Gasteiger partial charge in [0.15, 0.2) is 5.96 Å². The van der Waals surface area contributed by atoms with Gasteiger partial charge in [0.05, 0.1) is 12.1 Å². The predicted molar refractivity (Wildman–Crippen MR) is 44.1 cm³/mol. The fraction of sp³-hybridized carbons (Fsp3) is 0.857. The molecule has 0 amide bonds. The molecule has 1 aliphatic carbocycles. The van der Waals surface area contributed by atoms with Crippen molar-refractivity contribution in [2.24, 2.45) is 16.5 Å². The fourth-order valence-corrected chi connectivity index (χ4v) is 1.43. The van der Waals surface area contributed by atoms with Gasteiger partial charge in [-0.25, -0.2) is 0 Å². The van der Waals surface area contributed by atoms with Crippen LogP contribution in [0.15, 0.2) is 4.99 Å². The summed E-state index contributed by atoms with van der Waals surface area (Å²) in [7, 11) is 0. The fourth-order valence-electron chi connectivity index (χ4n) is 1.43. The van der Waals surface area contributed by atoms with Crippen LogP contribution in [0.3, 0.4) is 0 Å². The molecular weight excluding hydrogens is 142 g/mol. The molecule has 0 aromatic rings. The van der Waals surface area contributed by atoms with Crippen LogP contribution in [0.2, 0.25) is 0 Å². The Labute approximate surface area is 66.3 Å². The Balaban J connectivity index is 2.40. The minimum atomic E-state index is -0.621. The predicted octanol–water partition coefficient (Wildman–Crippen LogP) is -0.435. The molecule has 1 rings (SSSR count). The number of hydrogen-bond donors (Lipinski definition) is 3. The highest BCUT2D eigenvalue weighted by atomic mass is 16.3. The summed E-state index contributed by atoms with van der Waals surface area (Å²) in [5.74, 6) is 0.0605. The van der Waals surface area contributed by atoms with E-state index in [-0.39, 0.29) is 5.96 Å². The standard InChI is InChI=1S/C7H15N3O/c8-6(9)10-5-7(11)3-1-2-4-7/h11H,1-5H2,(H4,8,9,10). The molecule has 0 unspecified atom stereocenters. The number of nitrogens with two attached hydrogens (primary N) is 2. The van der Waals surface area contributed by atoms with Gasteiger partial charge in [-0.15, -0.1) is 0 Å². The summed E-state index contributed by atoms with van der Waals surface area (Å²) in [6.45, 7) is 0.356. The number of nitrogens with zero attached hydrogens (tertiary/aromatic N) is 1. The molecule has 0 spiro atoms. The normalized spacial score (nSPS) is 21.5. The Morgan fingerprint density at radius 1 is 1.36 bits per heavy atom. The highest BCUT2D eigenvalue weighted by molar-refractivity contribution is 5.75. The highest BCUT2D eigenvalue weighted by Gasteiger charge is 2.30. The SMILES string of the molecule is NC(N)=NCC1(O)CCCC1. The molecule has 64 valence electrons. The van der Waals surface area contributed by atoms with Crippen molar-refractivity contribution >= 4 is 5.96 Å². The van der Waals surface area contributed by atoms with Crippen LogP contribution in [0.4, 0.5) is 0 Å². The second-order valence-corrected chi connectivity index (χ2v) is 3.17. The van der Waals surface area contributed by atoms with Gasteiger partial charge in [0, 0.05) is 0 Å². The average Bonchev–Trinajstić information content (AvgIpc) is 2.33. The summed E-state index contributed by atoms with van der Waals surface area (Å²) in [5.41, 5.74) is 9.67. The Morgan fingerprint density at radius 3 is 2.36 bits per heavy atom. The second kappa shape index (κ2) is 3.09. The first-order valence-electron chi connectivity index (χ1n) is 3.90. The number of rotatable bonds is 2. The molecule has 0 heterocycles. The maximum Gasteiger partial charge on any atom is 0.186 e. The zero-order valence-corrected chi connectivity index (χ0v) is 6.58. The maximum absolute atomic E-state index is 9.72. The van der Waals surface area contributed by atoms with Gasteiger partial charge in [0.1, 0.15) is 0 Å². The monoisotopic (exact) mass is 157 g/mol. The van der Waals surface area contributed by atoms with E-state index in [0.29, 0.717) is 6.54 Å². The van der Waals surface area contributed by atoms with Crippen LogP contribution in [-0.4, -0.2) is 23.2 Å². The van der Waals surface area contributed by atoms with Crippen LogP contribution in [0, 0.1) is 0 Å². The van der Waals surface area contributed by atoms with Gasteiger partial charge in [-0.1, -0.05) is 12.8 Å². The van der Waals surface area contributed by atoms with Gasteiger partial charge >= 0.3 is 0 Å². The molecule has 4 nitrogen and oxygen atoms in total. The maximum atomic E-state index is 9.72. The second-order valence-electron chi connectivity index (χ2n) is 3.17. The molecule has 11 heavy (non-hydrogen) atoms. The van der Waals surface area contributed by atoms with Crippen LogP contribution < -0.4 is 11.5 Å². The van der Waals surface area contributed by atoms with E-state index in [2.05, 4.69) is 4.99 Å². The summed E-state index contributed by atoms with van der Waals surface area (Å²) in [6, 6.07) is 0. The molecule has 0 aromatic carbocycles. The van der Waals surface area contributed by atoms with Crippen molar-refractivity contribution < 1.29 is 5.11 Å². The van der Waals surface area contributed by atoms with Crippen molar-refractivity contribution in [2.75, 3.05) is 6.54 Å². The molecule has 1 fully saturated rings. The average molecular weight is 157 g/mol. The largest absolute Gasteiger partial charge is 0.388 e. The Hall–Kier alpha value is -0.770. The topological polar surface area (TPSA) is 84.6 Å². The molecule has 4 heteroatoms. The van der Waals surface area contributed by atoms with E-state index in [9.17, 15) is 5.11 Å². The van der Waals surface area contributed by atoms with Crippen molar-refractivity contribution in [2.45, 2.75) is 31.3 Å². The van der Waals surface area contributed by atoms with Crippen molar-refractivity contribution in [3.05, 3.63) is 0 Å². The minimum absolute atomic E-state index is 0.0605. The highest BCUT2D eigenvalue weighted by Crippen LogP contribution is 2.29. The zero-order valence-electron chi connectivity index (χ0n) is 6.58. The number of guanidine groups is 1. The third-order valence-electron chi connectivity index (χ3n) is 2.09. The van der Waals surface area contributed by atoms with E-state index >= 15 is 0 Å². The lowest BCUT2D eigenvalue weighted by molar-refractivity contribution is 0.0575. The Bertz CT molecular complexity index is 157. The quantitative estimate of drug-likeness (QED) is 0.375. The Morgan fingerprint density at radius 2 is 1.91 bits per heavy atom. The molecule has 5 N–H and O–H groups in total. The van der Waals surface area contributed by atoms with E-state index < -0.39 is 5.60 Å². The molecule has 0 radical (unpaired) electrons. The summed E-state index contributed by atoms with van der Waals surface area (Å²) >= 11 is 0. The van der Waals surface area contributed by atoms with E-state index in [1.807, 2.05) is 0 Å². The lowest BCUT2D eigenvalue weighted by atomic mass is 10.0. The first-order valence-corrected chi connectivity index (χ1v) is 3.90. The summed E-state index contributed by atoms with van der Waals surface area (Å²) < 4.78 is 0. The van der Waals surface area contributed by atoms with E-state index in [4.69, 9.17) is 11.5 Å². The first kappa shape index (κ1) is 8.33. The van der Waals surface area contributed by atoms with Gasteiger partial charge in [0.2, 0.25) is 0 Å². The number of aliphatic hydroxyl groups is 1. The lowest BCUT2D eigenvalue weighted by Gasteiger charge is -2.18. The molecular formula is C7H15N3O. The third-order valence-corrected chi connectivity index (χ3v) is 2.09. The van der Waals surface area contributed by atoms with Crippen LogP contribution in [0.1, 0.15) is 25.7 Å². The zero-order chi connectivity index (χ0) is 8.32. The lowest BCUT2D eigenvalue weighted by Crippen LogP contribution is -2.31. The molecule has 0 saturated heterocycles. The van der Waals surface area contributed by atoms with E-state index in [0.717, 1.165) is 25.7 Å². The van der Waals surface area contributed by atoms with E-state index in [1.165, 1.54) is 0 Å². The summed E-state index contributed by atoms with van der Waals surface area (Å²) in [5, 5.41) is 9.72. The summed E-state index contributed by atoms with van der Waals surface area (Å²) in [4.78, 5) is 3.80. The molecule has 1 aliphatic rings.